The smallest absolute Gasteiger partial charge is 0.0719 e. The Balaban J connectivity index is 2.95. The van der Waals surface area contributed by atoms with Crippen LogP contribution in [0.5, 0.6) is 0 Å². The monoisotopic (exact) mass is 144 g/mol. The van der Waals surface area contributed by atoms with Gasteiger partial charge in [0.2, 0.25) is 0 Å². The maximum absolute atomic E-state index is 8.98. The first-order valence-corrected chi connectivity index (χ1v) is 3.69. The Labute approximate surface area is 62.5 Å². The van der Waals surface area contributed by atoms with Gasteiger partial charge in [0.1, 0.15) is 0 Å². The molecule has 1 unspecified atom stereocenters. The lowest BCUT2D eigenvalue weighted by Gasteiger charge is -2.03. The van der Waals surface area contributed by atoms with Crippen molar-refractivity contribution in [2.75, 3.05) is 13.2 Å². The number of aliphatic hydroxyl groups is 1. The van der Waals surface area contributed by atoms with Crippen LogP contribution in [0.2, 0.25) is 0 Å². The first-order valence-electron chi connectivity index (χ1n) is 3.69. The summed E-state index contributed by atoms with van der Waals surface area (Å²) in [4.78, 5) is 0. The van der Waals surface area contributed by atoms with Gasteiger partial charge in [0.15, 0.2) is 0 Å². The molecule has 60 valence electrons. The lowest BCUT2D eigenvalue weighted by atomic mass is 10.2. The molecule has 0 aromatic heterocycles. The van der Waals surface area contributed by atoms with Crippen LogP contribution in [0.3, 0.4) is 0 Å². The van der Waals surface area contributed by atoms with E-state index in [0.29, 0.717) is 0 Å². The molecule has 0 aliphatic rings. The minimum Gasteiger partial charge on any atom is -0.389 e. The molecule has 0 rings (SSSR count). The summed E-state index contributed by atoms with van der Waals surface area (Å²) in [6.45, 7) is 6.92. The molecule has 0 radical (unpaired) electrons. The Kier molecular flexibility index (Phi) is 6.55. The molecule has 0 saturated heterocycles. The van der Waals surface area contributed by atoms with Gasteiger partial charge in [0, 0.05) is 13.2 Å². The van der Waals surface area contributed by atoms with E-state index in [1.54, 1.807) is 6.08 Å². The normalized spacial score (nSPS) is 13.0. The van der Waals surface area contributed by atoms with Gasteiger partial charge in [0.25, 0.3) is 0 Å². The van der Waals surface area contributed by atoms with E-state index in [-0.39, 0.29) is 6.10 Å². The summed E-state index contributed by atoms with van der Waals surface area (Å²) in [7, 11) is 0. The summed E-state index contributed by atoms with van der Waals surface area (Å²) in [6, 6.07) is 0. The zero-order valence-corrected chi connectivity index (χ0v) is 6.55. The zero-order valence-electron chi connectivity index (χ0n) is 6.55. The molecule has 0 aromatic rings. The van der Waals surface area contributed by atoms with E-state index < -0.39 is 0 Å². The fraction of sp³-hybridized carbons (Fsp3) is 0.750. The first kappa shape index (κ1) is 9.66. The summed E-state index contributed by atoms with van der Waals surface area (Å²) in [5, 5.41) is 8.98. The van der Waals surface area contributed by atoms with Gasteiger partial charge in [-0.2, -0.15) is 0 Å². The Bertz CT molecular complexity index is 81.3. The Morgan fingerprint density at radius 2 is 2.40 bits per heavy atom. The molecule has 2 nitrogen and oxygen atoms in total. The summed E-state index contributed by atoms with van der Waals surface area (Å²) in [5.41, 5.74) is 0. The molecule has 0 aliphatic heterocycles. The van der Waals surface area contributed by atoms with Crippen molar-refractivity contribution in [2.45, 2.75) is 25.9 Å². The highest BCUT2D eigenvalue weighted by Gasteiger charge is 1.95. The largest absolute Gasteiger partial charge is 0.389 e. The van der Waals surface area contributed by atoms with Gasteiger partial charge in [-0.25, -0.2) is 0 Å². The molecule has 10 heavy (non-hydrogen) atoms. The maximum atomic E-state index is 8.98. The third kappa shape index (κ3) is 5.79. The predicted octanol–water partition coefficient (Wildman–Crippen LogP) is 1.35. The molecular formula is C8H16O2. The van der Waals surface area contributed by atoms with Crippen LogP contribution in [0.1, 0.15) is 19.8 Å². The number of ether oxygens (including phenoxy) is 1. The average Bonchev–Trinajstić information content (AvgIpc) is 1.98. The van der Waals surface area contributed by atoms with Crippen LogP contribution >= 0.6 is 0 Å². The predicted molar refractivity (Wildman–Crippen MR) is 41.9 cm³/mol. The van der Waals surface area contributed by atoms with Gasteiger partial charge < -0.3 is 9.84 Å². The molecule has 0 aromatic carbocycles. The second-order valence-electron chi connectivity index (χ2n) is 2.14. The molecule has 0 aliphatic carbocycles. The summed E-state index contributed by atoms with van der Waals surface area (Å²) < 4.78 is 5.08. The fourth-order valence-electron chi connectivity index (χ4n) is 0.657. The van der Waals surface area contributed by atoms with Crippen molar-refractivity contribution < 1.29 is 9.84 Å². The van der Waals surface area contributed by atoms with Crippen molar-refractivity contribution in [3.63, 3.8) is 0 Å². The molecule has 0 heterocycles. The van der Waals surface area contributed by atoms with Gasteiger partial charge >= 0.3 is 0 Å². The second-order valence-corrected chi connectivity index (χ2v) is 2.14. The van der Waals surface area contributed by atoms with E-state index in [1.807, 2.05) is 6.92 Å². The quantitative estimate of drug-likeness (QED) is 0.450. The van der Waals surface area contributed by atoms with Crippen LogP contribution in [-0.4, -0.2) is 24.4 Å². The summed E-state index contributed by atoms with van der Waals surface area (Å²) in [5.74, 6) is 0. The van der Waals surface area contributed by atoms with Gasteiger partial charge in [-0.1, -0.05) is 6.08 Å². The zero-order chi connectivity index (χ0) is 7.82. The number of aliphatic hydroxyl groups excluding tert-OH is 1. The van der Waals surface area contributed by atoms with E-state index in [2.05, 4.69) is 6.58 Å². The summed E-state index contributed by atoms with van der Waals surface area (Å²) in [6.07, 6.45) is 2.84. The first-order chi connectivity index (χ1) is 4.81. The molecule has 1 N–H and O–H groups in total. The van der Waals surface area contributed by atoms with E-state index in [4.69, 9.17) is 9.84 Å². The van der Waals surface area contributed by atoms with Crippen LogP contribution in [0.25, 0.3) is 0 Å². The maximum Gasteiger partial charge on any atom is 0.0719 e. The average molecular weight is 144 g/mol. The van der Waals surface area contributed by atoms with Gasteiger partial charge in [-0.3, -0.25) is 0 Å². The standard InChI is InChI=1S/C8H16O2/c1-3-8(9)6-5-7-10-4-2/h3,8-9H,1,4-7H2,2H3. The van der Waals surface area contributed by atoms with Crippen LogP contribution in [0.15, 0.2) is 12.7 Å². The summed E-state index contributed by atoms with van der Waals surface area (Å²) >= 11 is 0. The molecule has 0 bridgehead atoms. The van der Waals surface area contributed by atoms with Crippen molar-refractivity contribution in [1.82, 2.24) is 0 Å². The molecule has 0 amide bonds. The van der Waals surface area contributed by atoms with Gasteiger partial charge in [-0.05, 0) is 19.8 Å². The number of rotatable bonds is 6. The highest BCUT2D eigenvalue weighted by atomic mass is 16.5. The van der Waals surface area contributed by atoms with E-state index in [9.17, 15) is 0 Å². The van der Waals surface area contributed by atoms with Crippen molar-refractivity contribution in [3.05, 3.63) is 12.7 Å². The molecule has 2 heteroatoms. The van der Waals surface area contributed by atoms with Crippen LogP contribution in [0.4, 0.5) is 0 Å². The van der Waals surface area contributed by atoms with Crippen LogP contribution in [-0.2, 0) is 4.74 Å². The van der Waals surface area contributed by atoms with E-state index >= 15 is 0 Å². The fourth-order valence-corrected chi connectivity index (χ4v) is 0.657. The molecular weight excluding hydrogens is 128 g/mol. The van der Waals surface area contributed by atoms with E-state index in [1.165, 1.54) is 0 Å². The lowest BCUT2D eigenvalue weighted by Crippen LogP contribution is -2.03. The highest BCUT2D eigenvalue weighted by molar-refractivity contribution is 4.77. The van der Waals surface area contributed by atoms with Crippen molar-refractivity contribution in [2.24, 2.45) is 0 Å². The Hall–Kier alpha value is -0.340. The number of hydrogen-bond donors (Lipinski definition) is 1. The van der Waals surface area contributed by atoms with E-state index in [0.717, 1.165) is 26.1 Å². The molecule has 0 fully saturated rings. The molecule has 0 spiro atoms. The molecule has 1 atom stereocenters. The van der Waals surface area contributed by atoms with Crippen LogP contribution in [0, 0.1) is 0 Å². The van der Waals surface area contributed by atoms with Crippen molar-refractivity contribution in [1.29, 1.82) is 0 Å². The lowest BCUT2D eigenvalue weighted by molar-refractivity contribution is 0.128. The van der Waals surface area contributed by atoms with Crippen molar-refractivity contribution >= 4 is 0 Å². The molecule has 0 saturated carbocycles. The Morgan fingerprint density at radius 3 is 2.90 bits per heavy atom. The number of hydrogen-bond acceptors (Lipinski definition) is 2. The minimum atomic E-state index is -0.361. The topological polar surface area (TPSA) is 29.5 Å². The third-order valence-corrected chi connectivity index (χ3v) is 1.26. The Morgan fingerprint density at radius 1 is 1.70 bits per heavy atom. The van der Waals surface area contributed by atoms with Gasteiger partial charge in [0.05, 0.1) is 6.10 Å². The third-order valence-electron chi connectivity index (χ3n) is 1.26. The minimum absolute atomic E-state index is 0.361. The van der Waals surface area contributed by atoms with Gasteiger partial charge in [-0.15, -0.1) is 6.58 Å². The highest BCUT2D eigenvalue weighted by Crippen LogP contribution is 1.97. The second kappa shape index (κ2) is 6.78. The van der Waals surface area contributed by atoms with Crippen molar-refractivity contribution in [3.8, 4) is 0 Å². The SMILES string of the molecule is C=CC(O)CCCOCC. The van der Waals surface area contributed by atoms with Crippen LogP contribution < -0.4 is 0 Å².